The molecule has 0 saturated carbocycles. The summed E-state index contributed by atoms with van der Waals surface area (Å²) in [5.41, 5.74) is 1.23. The zero-order valence-corrected chi connectivity index (χ0v) is 11.7. The van der Waals surface area contributed by atoms with Crippen LogP contribution in [0.3, 0.4) is 0 Å². The molecule has 1 fully saturated rings. The molecule has 1 aromatic carbocycles. The minimum atomic E-state index is 0.358. The Balaban J connectivity index is 1.74. The Morgan fingerprint density at radius 3 is 2.72 bits per heavy atom. The van der Waals surface area contributed by atoms with E-state index < -0.39 is 0 Å². The van der Waals surface area contributed by atoms with Crippen molar-refractivity contribution in [1.82, 2.24) is 0 Å². The number of anilines is 1. The van der Waals surface area contributed by atoms with Gasteiger partial charge < -0.3 is 10.1 Å². The SMILES string of the molecule is CC1CC(Nc2ccc3sccc3c2)CC(C)O1. The molecule has 2 atom stereocenters. The summed E-state index contributed by atoms with van der Waals surface area (Å²) >= 11 is 1.80. The summed E-state index contributed by atoms with van der Waals surface area (Å²) in [6, 6.07) is 9.34. The Morgan fingerprint density at radius 1 is 1.17 bits per heavy atom. The predicted molar refractivity (Wildman–Crippen MR) is 78.5 cm³/mol. The van der Waals surface area contributed by atoms with Crippen LogP contribution in [0.25, 0.3) is 10.1 Å². The fourth-order valence-corrected chi connectivity index (χ4v) is 3.59. The molecular formula is C15H19NOS. The van der Waals surface area contributed by atoms with Crippen molar-refractivity contribution in [2.24, 2.45) is 0 Å². The molecule has 0 spiro atoms. The normalized spacial score (nSPS) is 28.4. The summed E-state index contributed by atoms with van der Waals surface area (Å²) < 4.78 is 7.13. The first-order valence-electron chi connectivity index (χ1n) is 6.60. The van der Waals surface area contributed by atoms with E-state index in [0.717, 1.165) is 12.8 Å². The lowest BCUT2D eigenvalue weighted by molar-refractivity contribution is -0.0337. The van der Waals surface area contributed by atoms with Gasteiger partial charge in [0.2, 0.25) is 0 Å². The number of benzene rings is 1. The zero-order valence-electron chi connectivity index (χ0n) is 10.8. The Morgan fingerprint density at radius 2 is 1.94 bits per heavy atom. The average Bonchev–Trinajstić information content (AvgIpc) is 2.74. The highest BCUT2D eigenvalue weighted by Crippen LogP contribution is 2.27. The number of hydrogen-bond acceptors (Lipinski definition) is 3. The van der Waals surface area contributed by atoms with Gasteiger partial charge in [0.15, 0.2) is 0 Å². The van der Waals surface area contributed by atoms with Crippen molar-refractivity contribution >= 4 is 27.1 Å². The van der Waals surface area contributed by atoms with E-state index in [0.29, 0.717) is 18.2 Å². The van der Waals surface area contributed by atoms with Crippen molar-refractivity contribution in [2.45, 2.75) is 44.9 Å². The third kappa shape index (κ3) is 2.52. The number of fused-ring (bicyclic) bond motifs is 1. The van der Waals surface area contributed by atoms with E-state index in [1.165, 1.54) is 15.8 Å². The monoisotopic (exact) mass is 261 g/mol. The Bertz CT molecular complexity index is 526. The smallest absolute Gasteiger partial charge is 0.0570 e. The second-order valence-corrected chi connectivity index (χ2v) is 6.19. The van der Waals surface area contributed by atoms with Gasteiger partial charge >= 0.3 is 0 Å². The molecular weight excluding hydrogens is 242 g/mol. The minimum absolute atomic E-state index is 0.358. The second kappa shape index (κ2) is 4.90. The van der Waals surface area contributed by atoms with E-state index in [2.05, 4.69) is 48.8 Å². The van der Waals surface area contributed by atoms with Crippen LogP contribution in [0.15, 0.2) is 29.6 Å². The Labute approximate surface area is 112 Å². The lowest BCUT2D eigenvalue weighted by Gasteiger charge is -2.33. The van der Waals surface area contributed by atoms with Crippen molar-refractivity contribution < 1.29 is 4.74 Å². The molecule has 2 aromatic rings. The molecule has 1 aliphatic heterocycles. The number of ether oxygens (including phenoxy) is 1. The number of rotatable bonds is 2. The third-order valence-electron chi connectivity index (χ3n) is 3.52. The van der Waals surface area contributed by atoms with Crippen molar-refractivity contribution in [3.05, 3.63) is 29.6 Å². The van der Waals surface area contributed by atoms with Crippen LogP contribution in [0.4, 0.5) is 5.69 Å². The van der Waals surface area contributed by atoms with Crippen LogP contribution < -0.4 is 5.32 Å². The van der Waals surface area contributed by atoms with Crippen LogP contribution in [0.2, 0.25) is 0 Å². The van der Waals surface area contributed by atoms with Gasteiger partial charge in [0.25, 0.3) is 0 Å². The maximum Gasteiger partial charge on any atom is 0.0570 e. The van der Waals surface area contributed by atoms with Crippen LogP contribution >= 0.6 is 11.3 Å². The first-order chi connectivity index (χ1) is 8.70. The Kier molecular flexibility index (Phi) is 3.27. The highest BCUT2D eigenvalue weighted by molar-refractivity contribution is 7.17. The summed E-state index contributed by atoms with van der Waals surface area (Å²) in [5, 5.41) is 7.13. The van der Waals surface area contributed by atoms with Crippen LogP contribution in [-0.2, 0) is 4.74 Å². The second-order valence-electron chi connectivity index (χ2n) is 5.24. The number of nitrogens with one attached hydrogen (secondary N) is 1. The van der Waals surface area contributed by atoms with Gasteiger partial charge in [-0.05, 0) is 61.7 Å². The molecule has 0 radical (unpaired) electrons. The van der Waals surface area contributed by atoms with E-state index in [9.17, 15) is 0 Å². The topological polar surface area (TPSA) is 21.3 Å². The van der Waals surface area contributed by atoms with Gasteiger partial charge in [-0.25, -0.2) is 0 Å². The molecule has 18 heavy (non-hydrogen) atoms. The lowest BCUT2D eigenvalue weighted by Crippen LogP contribution is -2.36. The number of thiophene rings is 1. The largest absolute Gasteiger partial charge is 0.382 e. The summed E-state index contributed by atoms with van der Waals surface area (Å²) in [6.45, 7) is 4.32. The van der Waals surface area contributed by atoms with E-state index in [4.69, 9.17) is 4.74 Å². The van der Waals surface area contributed by atoms with E-state index >= 15 is 0 Å². The third-order valence-corrected chi connectivity index (χ3v) is 4.42. The molecule has 2 heterocycles. The highest BCUT2D eigenvalue weighted by atomic mass is 32.1. The first kappa shape index (κ1) is 12.0. The number of hydrogen-bond donors (Lipinski definition) is 1. The first-order valence-corrected chi connectivity index (χ1v) is 7.48. The predicted octanol–water partition coefficient (Wildman–Crippen LogP) is 4.27. The average molecular weight is 261 g/mol. The van der Waals surface area contributed by atoms with Gasteiger partial charge in [0.05, 0.1) is 12.2 Å². The lowest BCUT2D eigenvalue weighted by atomic mass is 9.99. The van der Waals surface area contributed by atoms with Crippen LogP contribution in [-0.4, -0.2) is 18.2 Å². The highest BCUT2D eigenvalue weighted by Gasteiger charge is 2.24. The van der Waals surface area contributed by atoms with Crippen molar-refractivity contribution in [1.29, 1.82) is 0 Å². The van der Waals surface area contributed by atoms with Gasteiger partial charge in [-0.3, -0.25) is 0 Å². The molecule has 0 bridgehead atoms. The maximum absolute atomic E-state index is 5.77. The van der Waals surface area contributed by atoms with Gasteiger partial charge in [-0.2, -0.15) is 0 Å². The fourth-order valence-electron chi connectivity index (χ4n) is 2.82. The summed E-state index contributed by atoms with van der Waals surface area (Å²) in [6.07, 6.45) is 2.89. The van der Waals surface area contributed by atoms with Crippen molar-refractivity contribution in [2.75, 3.05) is 5.32 Å². The summed E-state index contributed by atoms with van der Waals surface area (Å²) in [4.78, 5) is 0. The quantitative estimate of drug-likeness (QED) is 0.871. The molecule has 1 aliphatic rings. The Hall–Kier alpha value is -1.06. The maximum atomic E-state index is 5.77. The van der Waals surface area contributed by atoms with E-state index in [-0.39, 0.29) is 0 Å². The summed E-state index contributed by atoms with van der Waals surface area (Å²) in [7, 11) is 0. The summed E-state index contributed by atoms with van der Waals surface area (Å²) in [5.74, 6) is 0. The van der Waals surface area contributed by atoms with Crippen LogP contribution in [0.1, 0.15) is 26.7 Å². The van der Waals surface area contributed by atoms with Gasteiger partial charge in [-0.15, -0.1) is 11.3 Å². The molecule has 1 N–H and O–H groups in total. The van der Waals surface area contributed by atoms with Gasteiger partial charge in [0.1, 0.15) is 0 Å². The van der Waals surface area contributed by atoms with E-state index in [1.54, 1.807) is 11.3 Å². The zero-order chi connectivity index (χ0) is 12.5. The van der Waals surface area contributed by atoms with Crippen LogP contribution in [0.5, 0.6) is 0 Å². The van der Waals surface area contributed by atoms with Gasteiger partial charge in [0, 0.05) is 16.4 Å². The molecule has 1 saturated heterocycles. The molecule has 3 rings (SSSR count). The van der Waals surface area contributed by atoms with Gasteiger partial charge in [-0.1, -0.05) is 0 Å². The molecule has 0 aliphatic carbocycles. The molecule has 1 aromatic heterocycles. The standard InChI is InChI=1S/C15H19NOS/c1-10-7-14(8-11(2)17-10)16-13-3-4-15-12(9-13)5-6-18-15/h3-6,9-11,14,16H,7-8H2,1-2H3. The van der Waals surface area contributed by atoms with E-state index in [1.807, 2.05) is 0 Å². The molecule has 3 heteroatoms. The molecule has 0 amide bonds. The van der Waals surface area contributed by atoms with Crippen molar-refractivity contribution in [3.63, 3.8) is 0 Å². The molecule has 96 valence electrons. The van der Waals surface area contributed by atoms with Crippen LogP contribution in [0, 0.1) is 0 Å². The van der Waals surface area contributed by atoms with Crippen molar-refractivity contribution in [3.8, 4) is 0 Å². The fraction of sp³-hybridized carbons (Fsp3) is 0.467. The molecule has 2 unspecified atom stereocenters. The molecule has 2 nitrogen and oxygen atoms in total. The minimum Gasteiger partial charge on any atom is -0.382 e.